The Morgan fingerprint density at radius 1 is 0.943 bits per heavy atom. The van der Waals surface area contributed by atoms with Gasteiger partial charge in [-0.05, 0) is 23.3 Å². The number of aromatic nitrogens is 2. The molecule has 0 aliphatic carbocycles. The van der Waals surface area contributed by atoms with Crippen LogP contribution in [0.2, 0.25) is 5.02 Å². The zero-order chi connectivity index (χ0) is 24.8. The minimum atomic E-state index is -0.849. The summed E-state index contributed by atoms with van der Waals surface area (Å²) in [6, 6.07) is 26.6. The van der Waals surface area contributed by atoms with Crippen molar-refractivity contribution in [2.24, 2.45) is 0 Å². The van der Waals surface area contributed by atoms with E-state index < -0.39 is 6.10 Å². The Labute approximate surface area is 210 Å². The summed E-state index contributed by atoms with van der Waals surface area (Å²) in [6.07, 6.45) is 0.721. The Balaban J connectivity index is 1.60. The van der Waals surface area contributed by atoms with Gasteiger partial charge in [-0.15, -0.1) is 0 Å². The maximum atomic E-state index is 13.4. The number of anilines is 1. The Morgan fingerprint density at radius 2 is 1.57 bits per heavy atom. The van der Waals surface area contributed by atoms with E-state index in [1.165, 1.54) is 4.90 Å². The highest BCUT2D eigenvalue weighted by atomic mass is 35.5. The van der Waals surface area contributed by atoms with Crippen LogP contribution in [0, 0.1) is 0 Å². The predicted molar refractivity (Wildman–Crippen MR) is 139 cm³/mol. The average molecular weight is 487 g/mol. The van der Waals surface area contributed by atoms with Gasteiger partial charge in [0.15, 0.2) is 0 Å². The highest BCUT2D eigenvalue weighted by molar-refractivity contribution is 6.30. The quantitative estimate of drug-likeness (QED) is 0.369. The van der Waals surface area contributed by atoms with Gasteiger partial charge in [-0.25, -0.2) is 9.97 Å². The van der Waals surface area contributed by atoms with Crippen molar-refractivity contribution in [1.82, 2.24) is 14.9 Å². The van der Waals surface area contributed by atoms with E-state index in [0.29, 0.717) is 34.3 Å². The van der Waals surface area contributed by atoms with Gasteiger partial charge >= 0.3 is 0 Å². The summed E-state index contributed by atoms with van der Waals surface area (Å²) >= 11 is 5.94. The van der Waals surface area contributed by atoms with Gasteiger partial charge in [0.05, 0.1) is 23.9 Å². The molecule has 0 aliphatic rings. The van der Waals surface area contributed by atoms with Crippen molar-refractivity contribution >= 4 is 23.5 Å². The number of aliphatic hydroxyl groups is 1. The molecule has 4 aromatic rings. The lowest BCUT2D eigenvalue weighted by molar-refractivity contribution is 0.0681. The highest BCUT2D eigenvalue weighted by Gasteiger charge is 2.22. The number of rotatable bonds is 8. The van der Waals surface area contributed by atoms with Crippen molar-refractivity contribution < 1.29 is 9.90 Å². The largest absolute Gasteiger partial charge is 0.387 e. The maximum Gasteiger partial charge on any atom is 0.257 e. The van der Waals surface area contributed by atoms with Gasteiger partial charge in [0.2, 0.25) is 5.95 Å². The number of amides is 1. The molecule has 0 saturated carbocycles. The fourth-order valence-electron chi connectivity index (χ4n) is 3.80. The van der Waals surface area contributed by atoms with Gasteiger partial charge in [0.1, 0.15) is 0 Å². The van der Waals surface area contributed by atoms with Crippen LogP contribution in [0.3, 0.4) is 0 Å². The van der Waals surface area contributed by atoms with Crippen LogP contribution in [0.4, 0.5) is 5.95 Å². The topological polar surface area (TPSA) is 69.6 Å². The zero-order valence-corrected chi connectivity index (χ0v) is 20.4. The second kappa shape index (κ2) is 11.1. The normalized spacial score (nSPS) is 11.7. The second-order valence-corrected chi connectivity index (χ2v) is 8.83. The van der Waals surface area contributed by atoms with Gasteiger partial charge in [0.25, 0.3) is 5.91 Å². The number of carbonyl (C=O) groups is 1. The number of benzene rings is 3. The lowest BCUT2D eigenvalue weighted by atomic mass is 10.1. The third-order valence-corrected chi connectivity index (χ3v) is 5.96. The first kappa shape index (κ1) is 24.4. The summed E-state index contributed by atoms with van der Waals surface area (Å²) in [5.74, 6) is 0.252. The Morgan fingerprint density at radius 3 is 2.23 bits per heavy atom. The van der Waals surface area contributed by atoms with E-state index in [1.54, 1.807) is 37.5 Å². The molecule has 1 unspecified atom stereocenters. The van der Waals surface area contributed by atoms with Crippen molar-refractivity contribution in [3.8, 4) is 11.3 Å². The summed E-state index contributed by atoms with van der Waals surface area (Å²) in [6.45, 7) is 0.750. The predicted octanol–water partition coefficient (Wildman–Crippen LogP) is 5.24. The van der Waals surface area contributed by atoms with Gasteiger partial charge in [-0.3, -0.25) is 4.79 Å². The first-order chi connectivity index (χ1) is 16.9. The molecular weight excluding hydrogens is 460 g/mol. The van der Waals surface area contributed by atoms with E-state index in [-0.39, 0.29) is 12.5 Å². The van der Waals surface area contributed by atoms with E-state index in [2.05, 4.69) is 4.98 Å². The Kier molecular flexibility index (Phi) is 7.75. The van der Waals surface area contributed by atoms with E-state index in [1.807, 2.05) is 72.6 Å². The summed E-state index contributed by atoms with van der Waals surface area (Å²) in [7, 11) is 3.58. The van der Waals surface area contributed by atoms with Crippen molar-refractivity contribution in [3.63, 3.8) is 0 Å². The molecule has 1 N–H and O–H groups in total. The van der Waals surface area contributed by atoms with E-state index in [4.69, 9.17) is 16.6 Å². The molecule has 6 nitrogen and oxygen atoms in total. The van der Waals surface area contributed by atoms with Crippen LogP contribution in [0.5, 0.6) is 0 Å². The SMILES string of the molecule is CN(CC(O)c1ccc(Cl)cc1)C(=O)c1cnc(N(C)Cc2ccccc2)nc1-c1ccccc1. The van der Waals surface area contributed by atoms with Crippen LogP contribution >= 0.6 is 11.6 Å². The number of nitrogens with zero attached hydrogens (tertiary/aromatic N) is 4. The number of aliphatic hydroxyl groups excluding tert-OH is 1. The molecule has 0 aliphatic heterocycles. The number of carbonyl (C=O) groups excluding carboxylic acids is 1. The lowest BCUT2D eigenvalue weighted by Crippen LogP contribution is -2.32. The van der Waals surface area contributed by atoms with Crippen LogP contribution in [-0.2, 0) is 6.54 Å². The van der Waals surface area contributed by atoms with Crippen molar-refractivity contribution in [1.29, 1.82) is 0 Å². The lowest BCUT2D eigenvalue weighted by Gasteiger charge is -2.23. The van der Waals surface area contributed by atoms with Gasteiger partial charge < -0.3 is 14.9 Å². The van der Waals surface area contributed by atoms with E-state index in [9.17, 15) is 9.90 Å². The number of hydrogen-bond acceptors (Lipinski definition) is 5. The molecule has 4 rings (SSSR count). The smallest absolute Gasteiger partial charge is 0.257 e. The van der Waals surface area contributed by atoms with Crippen LogP contribution < -0.4 is 4.90 Å². The molecule has 0 fully saturated rings. The van der Waals surface area contributed by atoms with Crippen molar-refractivity contribution in [2.45, 2.75) is 12.6 Å². The standard InChI is InChI=1S/C28H27ClN4O2/c1-32(19-25(34)21-13-15-23(29)16-14-21)27(35)24-17-30-28(31-26(24)22-11-7-4-8-12-22)33(2)18-20-9-5-3-6-10-20/h3-17,25,34H,18-19H2,1-2H3. The van der Waals surface area contributed by atoms with Crippen molar-refractivity contribution in [2.75, 3.05) is 25.5 Å². The summed E-state index contributed by atoms with van der Waals surface area (Å²) < 4.78 is 0. The minimum Gasteiger partial charge on any atom is -0.387 e. The maximum absolute atomic E-state index is 13.4. The summed E-state index contributed by atoms with van der Waals surface area (Å²) in [5, 5.41) is 11.2. The molecule has 3 aromatic carbocycles. The fourth-order valence-corrected chi connectivity index (χ4v) is 3.92. The number of likely N-dealkylation sites (N-methyl/N-ethyl adjacent to an activating group) is 1. The number of halogens is 1. The molecule has 1 aromatic heterocycles. The van der Waals surface area contributed by atoms with Gasteiger partial charge in [-0.1, -0.05) is 84.4 Å². The van der Waals surface area contributed by atoms with E-state index >= 15 is 0 Å². The fraction of sp³-hybridized carbons (Fsp3) is 0.179. The Bertz CT molecular complexity index is 1270. The van der Waals surface area contributed by atoms with Crippen LogP contribution in [0.15, 0.2) is 91.1 Å². The van der Waals surface area contributed by atoms with Crippen LogP contribution in [0.1, 0.15) is 27.6 Å². The first-order valence-corrected chi connectivity index (χ1v) is 11.7. The van der Waals surface area contributed by atoms with Crippen LogP contribution in [-0.4, -0.2) is 46.5 Å². The minimum absolute atomic E-state index is 0.115. The molecule has 1 atom stereocenters. The molecule has 178 valence electrons. The molecule has 35 heavy (non-hydrogen) atoms. The second-order valence-electron chi connectivity index (χ2n) is 8.39. The molecule has 0 spiro atoms. The monoisotopic (exact) mass is 486 g/mol. The summed E-state index contributed by atoms with van der Waals surface area (Å²) in [4.78, 5) is 26.1. The van der Waals surface area contributed by atoms with Gasteiger partial charge in [0, 0.05) is 37.4 Å². The molecule has 7 heteroatoms. The molecule has 0 radical (unpaired) electrons. The first-order valence-electron chi connectivity index (χ1n) is 11.3. The molecule has 0 bridgehead atoms. The van der Waals surface area contributed by atoms with E-state index in [0.717, 1.165) is 11.1 Å². The third-order valence-electron chi connectivity index (χ3n) is 5.71. The molecule has 1 amide bonds. The van der Waals surface area contributed by atoms with Crippen LogP contribution in [0.25, 0.3) is 11.3 Å². The number of hydrogen-bond donors (Lipinski definition) is 1. The molecule has 0 saturated heterocycles. The highest BCUT2D eigenvalue weighted by Crippen LogP contribution is 2.25. The molecule has 1 heterocycles. The average Bonchev–Trinajstić information content (AvgIpc) is 2.89. The summed E-state index contributed by atoms with van der Waals surface area (Å²) in [5.41, 5.74) is 3.56. The zero-order valence-electron chi connectivity index (χ0n) is 19.7. The van der Waals surface area contributed by atoms with Gasteiger partial charge in [-0.2, -0.15) is 0 Å². The third kappa shape index (κ3) is 6.04. The van der Waals surface area contributed by atoms with Crippen molar-refractivity contribution in [3.05, 3.63) is 113 Å². The Hall–Kier alpha value is -3.74. The molecular formula is C28H27ClN4O2.